The van der Waals surface area contributed by atoms with Crippen molar-refractivity contribution in [3.05, 3.63) is 59.8 Å². The van der Waals surface area contributed by atoms with E-state index in [1.54, 1.807) is 12.3 Å². The molecule has 2 aliphatic rings. The molecule has 5 nitrogen and oxygen atoms in total. The molecule has 26 heavy (non-hydrogen) atoms. The number of likely N-dealkylation sites (tertiary alicyclic amines) is 1. The number of hydrogen-bond acceptors (Lipinski definition) is 4. The van der Waals surface area contributed by atoms with Crippen LogP contribution in [0.5, 0.6) is 0 Å². The second-order valence-corrected chi connectivity index (χ2v) is 7.29. The average molecular weight is 346 g/mol. The van der Waals surface area contributed by atoms with Crippen molar-refractivity contribution in [3.63, 3.8) is 0 Å². The topological polar surface area (TPSA) is 60.2 Å². The van der Waals surface area contributed by atoms with Crippen LogP contribution in [0.2, 0.25) is 0 Å². The third-order valence-corrected chi connectivity index (χ3v) is 6.02. The lowest BCUT2D eigenvalue weighted by Crippen LogP contribution is -2.51. The maximum absolute atomic E-state index is 12.9. The fraction of sp³-hybridized carbons (Fsp3) is 0.381. The third kappa shape index (κ3) is 2.72. The molecule has 3 heterocycles. The van der Waals surface area contributed by atoms with Gasteiger partial charge >= 0.3 is 0 Å². The number of nitriles is 1. The van der Waals surface area contributed by atoms with Crippen molar-refractivity contribution < 1.29 is 4.79 Å². The number of likely N-dealkylation sites (N-methyl/N-ethyl adjacent to an activating group) is 1. The fourth-order valence-corrected chi connectivity index (χ4v) is 4.37. The molecule has 2 aliphatic heterocycles. The minimum Gasteiger partial charge on any atom is -0.356 e. The number of rotatable bonds is 2. The molecule has 1 aromatic carbocycles. The van der Waals surface area contributed by atoms with Crippen LogP contribution in [0.4, 0.5) is 5.82 Å². The Labute approximate surface area is 153 Å². The first-order valence-corrected chi connectivity index (χ1v) is 9.07. The van der Waals surface area contributed by atoms with Gasteiger partial charge in [-0.25, -0.2) is 4.98 Å². The minimum absolute atomic E-state index is 0.0345. The monoisotopic (exact) mass is 346 g/mol. The first-order chi connectivity index (χ1) is 12.6. The number of piperidine rings is 1. The van der Waals surface area contributed by atoms with E-state index in [0.717, 1.165) is 43.7 Å². The lowest BCUT2D eigenvalue weighted by Gasteiger charge is -2.43. The highest BCUT2D eigenvalue weighted by Gasteiger charge is 2.50. The summed E-state index contributed by atoms with van der Waals surface area (Å²) in [5, 5.41) is 9.09. The van der Waals surface area contributed by atoms with E-state index in [-0.39, 0.29) is 17.4 Å². The largest absolute Gasteiger partial charge is 0.356 e. The molecule has 1 unspecified atom stereocenters. The average Bonchev–Trinajstić information content (AvgIpc) is 2.94. The molecule has 0 saturated carbocycles. The zero-order valence-electron chi connectivity index (χ0n) is 14.9. The molecular weight excluding hydrogens is 324 g/mol. The van der Waals surface area contributed by atoms with E-state index in [4.69, 9.17) is 5.26 Å². The van der Waals surface area contributed by atoms with Gasteiger partial charge in [0.25, 0.3) is 0 Å². The standard InChI is InChI=1S/C21H22N4O/c1-24-20(26)18(17-5-3-2-4-6-17)14-21(24)8-11-25(12-9-21)19-13-16(15-22)7-10-23-19/h2-7,10,13,18H,8-9,11-12,14H2,1H3. The molecule has 1 amide bonds. The number of benzene rings is 1. The summed E-state index contributed by atoms with van der Waals surface area (Å²) in [4.78, 5) is 21.5. The Morgan fingerprint density at radius 3 is 2.62 bits per heavy atom. The Morgan fingerprint density at radius 2 is 1.92 bits per heavy atom. The van der Waals surface area contributed by atoms with Gasteiger partial charge in [-0.2, -0.15) is 5.26 Å². The van der Waals surface area contributed by atoms with Gasteiger partial charge in [-0.05, 0) is 37.0 Å². The second kappa shape index (κ2) is 6.45. The van der Waals surface area contributed by atoms with E-state index < -0.39 is 0 Å². The summed E-state index contributed by atoms with van der Waals surface area (Å²) in [5.74, 6) is 1.05. The number of nitrogens with zero attached hydrogens (tertiary/aromatic N) is 4. The summed E-state index contributed by atoms with van der Waals surface area (Å²) in [6.07, 6.45) is 4.43. The summed E-state index contributed by atoms with van der Waals surface area (Å²) in [5.41, 5.74) is 1.68. The van der Waals surface area contributed by atoms with Gasteiger partial charge in [-0.3, -0.25) is 4.79 Å². The number of aromatic nitrogens is 1. The van der Waals surface area contributed by atoms with Crippen LogP contribution < -0.4 is 4.90 Å². The summed E-state index contributed by atoms with van der Waals surface area (Å²) >= 11 is 0. The van der Waals surface area contributed by atoms with Crippen LogP contribution in [0.15, 0.2) is 48.7 Å². The number of carbonyl (C=O) groups excluding carboxylic acids is 1. The van der Waals surface area contributed by atoms with Crippen LogP contribution in [0.1, 0.15) is 36.3 Å². The van der Waals surface area contributed by atoms with E-state index in [9.17, 15) is 4.79 Å². The maximum atomic E-state index is 12.9. The Balaban J connectivity index is 1.51. The SMILES string of the molecule is CN1C(=O)C(c2ccccc2)CC12CCN(c1cc(C#N)ccn1)CC2. The van der Waals surface area contributed by atoms with Crippen molar-refractivity contribution in [2.75, 3.05) is 25.0 Å². The second-order valence-electron chi connectivity index (χ2n) is 7.29. The van der Waals surface area contributed by atoms with Crippen LogP contribution >= 0.6 is 0 Å². The summed E-state index contributed by atoms with van der Waals surface area (Å²) in [6.45, 7) is 1.70. The number of pyridine rings is 1. The Kier molecular flexibility index (Phi) is 4.12. The number of carbonyl (C=O) groups is 1. The van der Waals surface area contributed by atoms with Crippen molar-refractivity contribution in [1.29, 1.82) is 5.26 Å². The minimum atomic E-state index is -0.0685. The summed E-state index contributed by atoms with van der Waals surface area (Å²) < 4.78 is 0. The Hall–Kier alpha value is -2.87. The summed E-state index contributed by atoms with van der Waals surface area (Å²) in [6, 6.07) is 15.9. The van der Waals surface area contributed by atoms with Gasteiger partial charge in [0.2, 0.25) is 5.91 Å². The summed E-state index contributed by atoms with van der Waals surface area (Å²) in [7, 11) is 1.95. The van der Waals surface area contributed by atoms with Crippen LogP contribution in [-0.4, -0.2) is 41.5 Å². The van der Waals surface area contributed by atoms with Crippen LogP contribution in [0.25, 0.3) is 0 Å². The molecule has 0 bridgehead atoms. The molecule has 4 rings (SSSR count). The highest BCUT2D eigenvalue weighted by molar-refractivity contribution is 5.87. The van der Waals surface area contributed by atoms with Gasteiger partial charge in [0, 0.05) is 31.9 Å². The molecular formula is C21H22N4O. The Morgan fingerprint density at radius 1 is 1.19 bits per heavy atom. The number of anilines is 1. The molecule has 1 aromatic heterocycles. The van der Waals surface area contributed by atoms with Gasteiger partial charge in [0.1, 0.15) is 5.82 Å². The molecule has 2 fully saturated rings. The molecule has 0 radical (unpaired) electrons. The lowest BCUT2D eigenvalue weighted by molar-refractivity contribution is -0.131. The van der Waals surface area contributed by atoms with Crippen molar-refractivity contribution in [1.82, 2.24) is 9.88 Å². The molecule has 2 aromatic rings. The number of hydrogen-bond donors (Lipinski definition) is 0. The van der Waals surface area contributed by atoms with E-state index in [1.807, 2.05) is 36.2 Å². The van der Waals surface area contributed by atoms with E-state index in [1.165, 1.54) is 0 Å². The fourth-order valence-electron chi connectivity index (χ4n) is 4.37. The van der Waals surface area contributed by atoms with E-state index >= 15 is 0 Å². The smallest absolute Gasteiger partial charge is 0.230 e. The molecule has 0 aliphatic carbocycles. The van der Waals surface area contributed by atoms with Gasteiger partial charge in [0.15, 0.2) is 0 Å². The van der Waals surface area contributed by atoms with Crippen LogP contribution in [-0.2, 0) is 4.79 Å². The highest BCUT2D eigenvalue weighted by atomic mass is 16.2. The molecule has 0 N–H and O–H groups in total. The first kappa shape index (κ1) is 16.6. The van der Waals surface area contributed by atoms with E-state index in [2.05, 4.69) is 28.1 Å². The predicted molar refractivity (Wildman–Crippen MR) is 99.7 cm³/mol. The van der Waals surface area contributed by atoms with Crippen molar-refractivity contribution >= 4 is 11.7 Å². The van der Waals surface area contributed by atoms with Gasteiger partial charge in [-0.1, -0.05) is 30.3 Å². The maximum Gasteiger partial charge on any atom is 0.230 e. The number of amides is 1. The highest BCUT2D eigenvalue weighted by Crippen LogP contribution is 2.45. The molecule has 2 saturated heterocycles. The van der Waals surface area contributed by atoms with E-state index in [0.29, 0.717) is 5.56 Å². The molecule has 1 spiro atoms. The van der Waals surface area contributed by atoms with Crippen molar-refractivity contribution in [2.24, 2.45) is 0 Å². The quantitative estimate of drug-likeness (QED) is 0.839. The first-order valence-electron chi connectivity index (χ1n) is 9.07. The van der Waals surface area contributed by atoms with Gasteiger partial charge in [-0.15, -0.1) is 0 Å². The predicted octanol–water partition coefficient (Wildman–Crippen LogP) is 2.94. The normalized spacial score (nSPS) is 21.8. The Bertz CT molecular complexity index is 850. The van der Waals surface area contributed by atoms with Crippen molar-refractivity contribution in [2.45, 2.75) is 30.7 Å². The zero-order chi connectivity index (χ0) is 18.1. The molecule has 1 atom stereocenters. The molecule has 132 valence electrons. The third-order valence-electron chi connectivity index (χ3n) is 6.02. The van der Waals surface area contributed by atoms with Crippen LogP contribution in [0.3, 0.4) is 0 Å². The van der Waals surface area contributed by atoms with Gasteiger partial charge < -0.3 is 9.80 Å². The van der Waals surface area contributed by atoms with Gasteiger partial charge in [0.05, 0.1) is 17.6 Å². The lowest BCUT2D eigenvalue weighted by atomic mass is 9.81. The van der Waals surface area contributed by atoms with Crippen LogP contribution in [0, 0.1) is 11.3 Å². The van der Waals surface area contributed by atoms with Crippen molar-refractivity contribution in [3.8, 4) is 6.07 Å². The zero-order valence-corrected chi connectivity index (χ0v) is 14.9. The molecule has 5 heteroatoms.